The summed E-state index contributed by atoms with van der Waals surface area (Å²) in [4.78, 5) is 34.2. The van der Waals surface area contributed by atoms with Gasteiger partial charge in [0.05, 0.1) is 0 Å². The first-order chi connectivity index (χ1) is 7.49. The summed E-state index contributed by atoms with van der Waals surface area (Å²) in [5.41, 5.74) is -1.32. The molecule has 1 atom stereocenters. The van der Waals surface area contributed by atoms with Gasteiger partial charge in [0.2, 0.25) is 5.82 Å². The maximum atomic E-state index is 11.2. The molecule has 8 heteroatoms. The highest BCUT2D eigenvalue weighted by Crippen LogP contribution is 2.01. The molecule has 4 N–H and O–H groups in total. The standard InChI is InChI=1S/C8H12N4O4/c1-4(2-5(13)14)3-9-6-7(15)10-8(16)12-11-6/h4H,2-3H2,1H3,(H,9,11)(H,13,14)(H2,10,12,15,16). The van der Waals surface area contributed by atoms with Gasteiger partial charge in [-0.05, 0) is 5.92 Å². The zero-order valence-corrected chi connectivity index (χ0v) is 8.61. The molecule has 0 fully saturated rings. The number of carboxylic acid groups (broad SMARTS) is 1. The fourth-order valence-electron chi connectivity index (χ4n) is 1.11. The van der Waals surface area contributed by atoms with Crippen LogP contribution in [0.1, 0.15) is 13.3 Å². The third-order valence-electron chi connectivity index (χ3n) is 1.85. The van der Waals surface area contributed by atoms with Gasteiger partial charge in [-0.25, -0.2) is 9.89 Å². The van der Waals surface area contributed by atoms with E-state index in [9.17, 15) is 14.4 Å². The monoisotopic (exact) mass is 228 g/mol. The van der Waals surface area contributed by atoms with E-state index < -0.39 is 17.2 Å². The average molecular weight is 228 g/mol. The lowest BCUT2D eigenvalue weighted by atomic mass is 10.1. The van der Waals surface area contributed by atoms with Crippen LogP contribution in [0.15, 0.2) is 9.59 Å². The van der Waals surface area contributed by atoms with E-state index in [4.69, 9.17) is 5.11 Å². The summed E-state index contributed by atoms with van der Waals surface area (Å²) in [6.07, 6.45) is -0.00570. The Morgan fingerprint density at radius 3 is 2.81 bits per heavy atom. The molecule has 0 aliphatic rings. The van der Waals surface area contributed by atoms with Crippen LogP contribution >= 0.6 is 0 Å². The van der Waals surface area contributed by atoms with Crippen molar-refractivity contribution in [2.45, 2.75) is 13.3 Å². The third kappa shape index (κ3) is 3.56. The van der Waals surface area contributed by atoms with E-state index in [1.807, 2.05) is 4.98 Å². The number of carbonyl (C=O) groups is 1. The van der Waals surface area contributed by atoms with Crippen molar-refractivity contribution in [2.24, 2.45) is 5.92 Å². The maximum Gasteiger partial charge on any atom is 0.342 e. The first-order valence-corrected chi connectivity index (χ1v) is 4.63. The predicted molar refractivity (Wildman–Crippen MR) is 55.4 cm³/mol. The number of rotatable bonds is 5. The minimum Gasteiger partial charge on any atom is -0.481 e. The van der Waals surface area contributed by atoms with Crippen LogP contribution in [-0.4, -0.2) is 32.8 Å². The van der Waals surface area contributed by atoms with E-state index in [1.54, 1.807) is 6.92 Å². The number of H-pyrrole nitrogens is 2. The quantitative estimate of drug-likeness (QED) is 0.510. The van der Waals surface area contributed by atoms with Crippen molar-refractivity contribution in [3.8, 4) is 0 Å². The van der Waals surface area contributed by atoms with Crippen molar-refractivity contribution in [3.63, 3.8) is 0 Å². The summed E-state index contributed by atoms with van der Waals surface area (Å²) in [7, 11) is 0. The number of aromatic amines is 2. The molecule has 1 rings (SSSR count). The largest absolute Gasteiger partial charge is 0.481 e. The number of carboxylic acids is 1. The van der Waals surface area contributed by atoms with Gasteiger partial charge in [-0.3, -0.25) is 14.6 Å². The molecule has 0 saturated carbocycles. The summed E-state index contributed by atoms with van der Waals surface area (Å²) < 4.78 is 0. The Bertz CT molecular complexity index is 477. The molecule has 8 nitrogen and oxygen atoms in total. The topological polar surface area (TPSA) is 128 Å². The number of hydrogen-bond donors (Lipinski definition) is 4. The van der Waals surface area contributed by atoms with Crippen LogP contribution in [0.3, 0.4) is 0 Å². The summed E-state index contributed by atoms with van der Waals surface area (Å²) >= 11 is 0. The molecule has 0 radical (unpaired) electrons. The van der Waals surface area contributed by atoms with Crippen molar-refractivity contribution in [1.29, 1.82) is 0 Å². The van der Waals surface area contributed by atoms with Crippen LogP contribution in [0.2, 0.25) is 0 Å². The van der Waals surface area contributed by atoms with Crippen LogP contribution < -0.4 is 16.6 Å². The van der Waals surface area contributed by atoms with E-state index in [0.717, 1.165) is 0 Å². The zero-order valence-electron chi connectivity index (χ0n) is 8.61. The maximum absolute atomic E-state index is 11.2. The zero-order chi connectivity index (χ0) is 12.1. The molecule has 0 bridgehead atoms. The first-order valence-electron chi connectivity index (χ1n) is 4.63. The predicted octanol–water partition coefficient (Wildman–Crippen LogP) is -1.02. The molecule has 1 heterocycles. The van der Waals surface area contributed by atoms with Crippen molar-refractivity contribution in [1.82, 2.24) is 15.2 Å². The van der Waals surface area contributed by atoms with Gasteiger partial charge in [0.15, 0.2) is 0 Å². The molecule has 1 unspecified atom stereocenters. The van der Waals surface area contributed by atoms with Gasteiger partial charge in [-0.2, -0.15) is 0 Å². The Balaban J connectivity index is 2.58. The first kappa shape index (κ1) is 12.0. The number of anilines is 1. The average Bonchev–Trinajstić information content (AvgIpc) is 2.15. The second-order valence-corrected chi connectivity index (χ2v) is 3.44. The number of hydrogen-bond acceptors (Lipinski definition) is 5. The van der Waals surface area contributed by atoms with Gasteiger partial charge in [0.1, 0.15) is 0 Å². The molecule has 1 aromatic rings. The molecule has 0 saturated heterocycles. The molecule has 0 aliphatic heterocycles. The second kappa shape index (κ2) is 5.10. The van der Waals surface area contributed by atoms with E-state index in [2.05, 4.69) is 15.5 Å². The van der Waals surface area contributed by atoms with Gasteiger partial charge in [-0.15, -0.1) is 5.10 Å². The number of aromatic nitrogens is 3. The third-order valence-corrected chi connectivity index (χ3v) is 1.85. The van der Waals surface area contributed by atoms with E-state index in [1.165, 1.54) is 0 Å². The van der Waals surface area contributed by atoms with Crippen LogP contribution in [0.4, 0.5) is 5.82 Å². The second-order valence-electron chi connectivity index (χ2n) is 3.44. The summed E-state index contributed by atoms with van der Waals surface area (Å²) in [6, 6.07) is 0. The smallest absolute Gasteiger partial charge is 0.342 e. The lowest BCUT2D eigenvalue weighted by molar-refractivity contribution is -0.137. The lowest BCUT2D eigenvalue weighted by Gasteiger charge is -2.09. The molecule has 0 amide bonds. The minimum atomic E-state index is -0.905. The summed E-state index contributed by atoms with van der Waals surface area (Å²) in [5.74, 6) is -1.08. The minimum absolute atomic E-state index is 0.00570. The molecule has 1 aromatic heterocycles. The number of nitrogens with one attached hydrogen (secondary N) is 3. The highest BCUT2D eigenvalue weighted by molar-refractivity contribution is 5.67. The molecule has 88 valence electrons. The Morgan fingerprint density at radius 1 is 1.56 bits per heavy atom. The molecule has 0 aliphatic carbocycles. The molecule has 16 heavy (non-hydrogen) atoms. The van der Waals surface area contributed by atoms with E-state index >= 15 is 0 Å². The van der Waals surface area contributed by atoms with Gasteiger partial charge in [-0.1, -0.05) is 6.92 Å². The lowest BCUT2D eigenvalue weighted by Crippen LogP contribution is -2.28. The fraction of sp³-hybridized carbons (Fsp3) is 0.500. The Kier molecular flexibility index (Phi) is 3.81. The summed E-state index contributed by atoms with van der Waals surface area (Å²) in [5, 5.41) is 16.7. The highest BCUT2D eigenvalue weighted by Gasteiger charge is 2.09. The van der Waals surface area contributed by atoms with Gasteiger partial charge in [0, 0.05) is 13.0 Å². The fourth-order valence-corrected chi connectivity index (χ4v) is 1.11. The van der Waals surface area contributed by atoms with E-state index in [-0.39, 0.29) is 24.7 Å². The van der Waals surface area contributed by atoms with Crippen molar-refractivity contribution in [3.05, 3.63) is 20.8 Å². The Labute approximate surface area is 89.7 Å². The number of nitrogens with zero attached hydrogens (tertiary/aromatic N) is 1. The van der Waals surface area contributed by atoms with E-state index in [0.29, 0.717) is 0 Å². The highest BCUT2D eigenvalue weighted by atomic mass is 16.4. The molecular formula is C8H12N4O4. The van der Waals surface area contributed by atoms with Crippen LogP contribution in [0, 0.1) is 5.92 Å². The Hall–Kier alpha value is -2.12. The van der Waals surface area contributed by atoms with Crippen molar-refractivity contribution < 1.29 is 9.90 Å². The molecular weight excluding hydrogens is 216 g/mol. The molecule has 0 aromatic carbocycles. The Morgan fingerprint density at radius 2 is 2.25 bits per heavy atom. The normalized spacial score (nSPS) is 12.1. The van der Waals surface area contributed by atoms with Gasteiger partial charge >= 0.3 is 11.7 Å². The van der Waals surface area contributed by atoms with Crippen LogP contribution in [0.5, 0.6) is 0 Å². The van der Waals surface area contributed by atoms with Crippen LogP contribution in [-0.2, 0) is 4.79 Å². The van der Waals surface area contributed by atoms with Gasteiger partial charge < -0.3 is 10.4 Å². The van der Waals surface area contributed by atoms with Crippen LogP contribution in [0.25, 0.3) is 0 Å². The summed E-state index contributed by atoms with van der Waals surface area (Å²) in [6.45, 7) is 2.01. The van der Waals surface area contributed by atoms with Gasteiger partial charge in [0.25, 0.3) is 5.56 Å². The SMILES string of the molecule is CC(CNc1n[nH]c(=O)[nH]c1=O)CC(=O)O. The molecule has 0 spiro atoms. The van der Waals surface area contributed by atoms with Crippen molar-refractivity contribution in [2.75, 3.05) is 11.9 Å². The number of aliphatic carboxylic acids is 1. The van der Waals surface area contributed by atoms with Crippen molar-refractivity contribution >= 4 is 11.8 Å².